The average Bonchev–Trinajstić information content (AvgIpc) is 2.60. The first kappa shape index (κ1) is 14.5. The normalized spacial score (nSPS) is 19.3. The lowest BCUT2D eigenvalue weighted by molar-refractivity contribution is -0.138. The predicted molar refractivity (Wildman–Crippen MR) is 66.6 cm³/mol. The molecule has 0 aromatic rings. The molecule has 1 heterocycles. The molecule has 18 heavy (non-hydrogen) atoms. The van der Waals surface area contributed by atoms with Gasteiger partial charge in [-0.05, 0) is 20.8 Å². The molecule has 6 nitrogen and oxygen atoms in total. The molecule has 0 aliphatic carbocycles. The number of amides is 3. The molecule has 1 saturated heterocycles. The summed E-state index contributed by atoms with van der Waals surface area (Å²) in [5, 5.41) is 5.40. The van der Waals surface area contributed by atoms with Crippen molar-refractivity contribution in [2.75, 3.05) is 20.1 Å². The maximum atomic E-state index is 11.9. The van der Waals surface area contributed by atoms with Gasteiger partial charge in [-0.15, -0.1) is 0 Å². The second-order valence-corrected chi connectivity index (χ2v) is 5.70. The van der Waals surface area contributed by atoms with Crippen molar-refractivity contribution in [2.24, 2.45) is 5.92 Å². The summed E-state index contributed by atoms with van der Waals surface area (Å²) < 4.78 is 0. The molecule has 6 heteroatoms. The summed E-state index contributed by atoms with van der Waals surface area (Å²) in [7, 11) is 1.58. The topological polar surface area (TPSA) is 78.5 Å². The Labute approximate surface area is 107 Å². The van der Waals surface area contributed by atoms with Crippen molar-refractivity contribution in [1.29, 1.82) is 0 Å². The lowest BCUT2D eigenvalue weighted by atomic mass is 10.1. The summed E-state index contributed by atoms with van der Waals surface area (Å²) in [5.74, 6) is -0.820. The Kier molecular flexibility index (Phi) is 4.32. The highest BCUT2D eigenvalue weighted by Gasteiger charge is 2.30. The Bertz CT molecular complexity index is 360. The summed E-state index contributed by atoms with van der Waals surface area (Å²) in [6, 6.07) is 0. The Morgan fingerprint density at radius 2 is 2.06 bits per heavy atom. The highest BCUT2D eigenvalue weighted by Crippen LogP contribution is 2.11. The van der Waals surface area contributed by atoms with E-state index < -0.39 is 0 Å². The highest BCUT2D eigenvalue weighted by molar-refractivity contribution is 5.91. The lowest BCUT2D eigenvalue weighted by Gasteiger charge is -2.24. The van der Waals surface area contributed by atoms with Gasteiger partial charge >= 0.3 is 0 Å². The molecular weight excluding hydrogens is 234 g/mol. The monoisotopic (exact) mass is 255 g/mol. The zero-order valence-corrected chi connectivity index (χ0v) is 11.4. The maximum absolute atomic E-state index is 11.9. The molecule has 0 radical (unpaired) electrons. The number of likely N-dealkylation sites (N-methyl/N-ethyl adjacent to an activating group) is 1. The Balaban J connectivity index is 2.45. The van der Waals surface area contributed by atoms with Crippen LogP contribution in [0.2, 0.25) is 0 Å². The molecule has 1 atom stereocenters. The van der Waals surface area contributed by atoms with E-state index in [0.29, 0.717) is 6.54 Å². The summed E-state index contributed by atoms with van der Waals surface area (Å²) in [6.45, 7) is 6.02. The van der Waals surface area contributed by atoms with Crippen molar-refractivity contribution < 1.29 is 14.4 Å². The minimum absolute atomic E-state index is 0.0147. The molecule has 0 spiro atoms. The summed E-state index contributed by atoms with van der Waals surface area (Å²) in [6.07, 6.45) is 0.212. The molecule has 1 unspecified atom stereocenters. The van der Waals surface area contributed by atoms with Crippen LogP contribution in [0, 0.1) is 5.92 Å². The van der Waals surface area contributed by atoms with Crippen molar-refractivity contribution in [3.63, 3.8) is 0 Å². The SMILES string of the molecule is CN(CC(=O)NC(C)(C)C)C(=O)C1CNC(=O)C1. The largest absolute Gasteiger partial charge is 0.355 e. The van der Waals surface area contributed by atoms with E-state index >= 15 is 0 Å². The van der Waals surface area contributed by atoms with Gasteiger partial charge in [-0.1, -0.05) is 0 Å². The van der Waals surface area contributed by atoms with Gasteiger partial charge in [-0.3, -0.25) is 14.4 Å². The van der Waals surface area contributed by atoms with Gasteiger partial charge in [-0.25, -0.2) is 0 Å². The van der Waals surface area contributed by atoms with Crippen molar-refractivity contribution in [3.05, 3.63) is 0 Å². The first-order chi connectivity index (χ1) is 8.19. The summed E-state index contributed by atoms with van der Waals surface area (Å²) >= 11 is 0. The third-order valence-corrected chi connectivity index (χ3v) is 2.60. The van der Waals surface area contributed by atoms with Crippen LogP contribution in [0.5, 0.6) is 0 Å². The molecule has 1 aliphatic rings. The van der Waals surface area contributed by atoms with E-state index in [1.807, 2.05) is 20.8 Å². The standard InChI is InChI=1S/C12H21N3O3/c1-12(2,3)14-10(17)7-15(4)11(18)8-5-9(16)13-6-8/h8H,5-7H2,1-4H3,(H,13,16)(H,14,17). The molecule has 1 rings (SSSR count). The first-order valence-corrected chi connectivity index (χ1v) is 6.02. The molecule has 0 saturated carbocycles. The van der Waals surface area contributed by atoms with Gasteiger partial charge in [0.05, 0.1) is 12.5 Å². The second-order valence-electron chi connectivity index (χ2n) is 5.70. The van der Waals surface area contributed by atoms with Crippen LogP contribution < -0.4 is 10.6 Å². The predicted octanol–water partition coefficient (Wildman–Crippen LogP) is -0.504. The van der Waals surface area contributed by atoms with Crippen LogP contribution in [0.4, 0.5) is 0 Å². The number of carbonyl (C=O) groups excluding carboxylic acids is 3. The van der Waals surface area contributed by atoms with Gasteiger partial charge in [0.25, 0.3) is 0 Å². The molecule has 102 valence electrons. The minimum Gasteiger partial charge on any atom is -0.355 e. The van der Waals surface area contributed by atoms with Crippen LogP contribution >= 0.6 is 0 Å². The van der Waals surface area contributed by atoms with Crippen LogP contribution in [0.3, 0.4) is 0 Å². The quantitative estimate of drug-likeness (QED) is 0.713. The van der Waals surface area contributed by atoms with Gasteiger partial charge in [0.2, 0.25) is 17.7 Å². The van der Waals surface area contributed by atoms with Crippen LogP contribution in [0.1, 0.15) is 27.2 Å². The van der Waals surface area contributed by atoms with Gasteiger partial charge < -0.3 is 15.5 Å². The van der Waals surface area contributed by atoms with Crippen molar-refractivity contribution in [1.82, 2.24) is 15.5 Å². The Morgan fingerprint density at radius 1 is 1.44 bits per heavy atom. The average molecular weight is 255 g/mol. The summed E-state index contributed by atoms with van der Waals surface area (Å²) in [5.41, 5.74) is -0.314. The van der Waals surface area contributed by atoms with E-state index in [4.69, 9.17) is 0 Å². The molecule has 0 bridgehead atoms. The first-order valence-electron chi connectivity index (χ1n) is 6.02. The smallest absolute Gasteiger partial charge is 0.240 e. The third kappa shape index (κ3) is 4.35. The maximum Gasteiger partial charge on any atom is 0.240 e. The van der Waals surface area contributed by atoms with Crippen LogP contribution in [-0.4, -0.2) is 48.3 Å². The number of rotatable bonds is 3. The number of hydrogen-bond donors (Lipinski definition) is 2. The van der Waals surface area contributed by atoms with Crippen LogP contribution in [0.15, 0.2) is 0 Å². The zero-order chi connectivity index (χ0) is 13.9. The van der Waals surface area contributed by atoms with E-state index in [1.54, 1.807) is 7.05 Å². The number of nitrogens with zero attached hydrogens (tertiary/aromatic N) is 1. The fourth-order valence-corrected chi connectivity index (χ4v) is 1.84. The molecule has 0 aromatic heterocycles. The summed E-state index contributed by atoms with van der Waals surface area (Å²) in [4.78, 5) is 36.0. The Hall–Kier alpha value is -1.59. The molecule has 2 N–H and O–H groups in total. The number of carbonyl (C=O) groups is 3. The molecular formula is C12H21N3O3. The molecule has 0 aromatic carbocycles. The highest BCUT2D eigenvalue weighted by atomic mass is 16.2. The van der Waals surface area contributed by atoms with E-state index in [9.17, 15) is 14.4 Å². The fraction of sp³-hybridized carbons (Fsp3) is 0.750. The van der Waals surface area contributed by atoms with E-state index in [0.717, 1.165) is 0 Å². The van der Waals surface area contributed by atoms with Crippen LogP contribution in [0.25, 0.3) is 0 Å². The second kappa shape index (κ2) is 5.37. The third-order valence-electron chi connectivity index (χ3n) is 2.60. The van der Waals surface area contributed by atoms with E-state index in [-0.39, 0.29) is 42.1 Å². The molecule has 3 amide bonds. The van der Waals surface area contributed by atoms with Gasteiger partial charge in [0, 0.05) is 25.6 Å². The lowest BCUT2D eigenvalue weighted by Crippen LogP contribution is -2.47. The Morgan fingerprint density at radius 3 is 2.50 bits per heavy atom. The fourth-order valence-electron chi connectivity index (χ4n) is 1.84. The van der Waals surface area contributed by atoms with Crippen molar-refractivity contribution >= 4 is 17.7 Å². The minimum atomic E-state index is -0.343. The van der Waals surface area contributed by atoms with Gasteiger partial charge in [-0.2, -0.15) is 0 Å². The van der Waals surface area contributed by atoms with Gasteiger partial charge in [0.1, 0.15) is 0 Å². The van der Waals surface area contributed by atoms with Gasteiger partial charge in [0.15, 0.2) is 0 Å². The number of hydrogen-bond acceptors (Lipinski definition) is 3. The van der Waals surface area contributed by atoms with Crippen molar-refractivity contribution in [3.8, 4) is 0 Å². The number of nitrogens with one attached hydrogen (secondary N) is 2. The van der Waals surface area contributed by atoms with E-state index in [1.165, 1.54) is 4.90 Å². The van der Waals surface area contributed by atoms with Crippen molar-refractivity contribution in [2.45, 2.75) is 32.7 Å². The molecule has 1 fully saturated rings. The van der Waals surface area contributed by atoms with Crippen LogP contribution in [-0.2, 0) is 14.4 Å². The zero-order valence-electron chi connectivity index (χ0n) is 11.4. The van der Waals surface area contributed by atoms with E-state index in [2.05, 4.69) is 10.6 Å². The molecule has 1 aliphatic heterocycles.